The van der Waals surface area contributed by atoms with E-state index in [1.807, 2.05) is 6.26 Å². The van der Waals surface area contributed by atoms with Crippen molar-refractivity contribution in [2.45, 2.75) is 37.8 Å². The number of hydrogen-bond donors (Lipinski definition) is 2. The van der Waals surface area contributed by atoms with Crippen LogP contribution < -0.4 is 11.1 Å². The van der Waals surface area contributed by atoms with E-state index in [1.54, 1.807) is 23.1 Å². The van der Waals surface area contributed by atoms with Crippen LogP contribution in [0.3, 0.4) is 0 Å². The summed E-state index contributed by atoms with van der Waals surface area (Å²) in [5.41, 5.74) is 6.98. The van der Waals surface area contributed by atoms with Crippen molar-refractivity contribution in [2.24, 2.45) is 5.73 Å². The summed E-state index contributed by atoms with van der Waals surface area (Å²) in [6.45, 7) is 0.503. The van der Waals surface area contributed by atoms with Gasteiger partial charge in [-0.05, 0) is 31.3 Å². The third-order valence-corrected chi connectivity index (χ3v) is 4.46. The van der Waals surface area contributed by atoms with Gasteiger partial charge in [0.05, 0.1) is 18.3 Å². The minimum absolute atomic E-state index is 0. The number of thiazole rings is 1. The first-order valence-corrected chi connectivity index (χ1v) is 8.44. The van der Waals surface area contributed by atoms with Gasteiger partial charge in [0.1, 0.15) is 5.01 Å². The van der Waals surface area contributed by atoms with Crippen LogP contribution in [0.5, 0.6) is 0 Å². The first-order valence-electron chi connectivity index (χ1n) is 6.17. The smallest absolute Gasteiger partial charge is 0.237 e. The molecule has 1 amide bonds. The normalized spacial score (nSPS) is 15.7. The topological polar surface area (TPSA) is 68.0 Å². The zero-order valence-corrected chi connectivity index (χ0v) is 13.4. The maximum atomic E-state index is 11.7. The summed E-state index contributed by atoms with van der Waals surface area (Å²) < 4.78 is 0. The molecular weight excluding hydrogens is 302 g/mol. The molecule has 0 aromatic carbocycles. The molecule has 0 unspecified atom stereocenters. The van der Waals surface area contributed by atoms with Gasteiger partial charge in [0.25, 0.3) is 0 Å². The number of rotatable bonds is 7. The molecule has 1 atom stereocenters. The molecule has 3 N–H and O–H groups in total. The van der Waals surface area contributed by atoms with Crippen molar-refractivity contribution in [3.8, 4) is 0 Å². The maximum Gasteiger partial charge on any atom is 0.237 e. The van der Waals surface area contributed by atoms with Crippen molar-refractivity contribution >= 4 is 41.4 Å². The molecule has 0 aliphatic heterocycles. The van der Waals surface area contributed by atoms with Crippen molar-refractivity contribution < 1.29 is 4.79 Å². The molecule has 1 aliphatic carbocycles. The Balaban J connectivity index is 0.00000180. The van der Waals surface area contributed by atoms with E-state index in [0.717, 1.165) is 17.2 Å². The SMILES string of the molecule is CSCC[C@H](N)C(=O)NCc1nc(C2CC2)cs1.Cl. The van der Waals surface area contributed by atoms with Crippen molar-refractivity contribution in [1.29, 1.82) is 0 Å². The fraction of sp³-hybridized carbons (Fsp3) is 0.667. The summed E-state index contributed by atoms with van der Waals surface area (Å²) in [6, 6.07) is -0.402. The summed E-state index contributed by atoms with van der Waals surface area (Å²) in [5, 5.41) is 5.93. The number of carbonyl (C=O) groups excluding carboxylic acids is 1. The quantitative estimate of drug-likeness (QED) is 0.807. The van der Waals surface area contributed by atoms with Gasteiger partial charge in [0.15, 0.2) is 0 Å². The van der Waals surface area contributed by atoms with Gasteiger partial charge in [-0.2, -0.15) is 11.8 Å². The molecule has 1 fully saturated rings. The highest BCUT2D eigenvalue weighted by atomic mass is 35.5. The Hall–Kier alpha value is -0.300. The van der Waals surface area contributed by atoms with Crippen LogP contribution in [0.4, 0.5) is 0 Å². The monoisotopic (exact) mass is 321 g/mol. The maximum absolute atomic E-state index is 11.7. The minimum Gasteiger partial charge on any atom is -0.348 e. The van der Waals surface area contributed by atoms with E-state index in [9.17, 15) is 4.79 Å². The number of thioether (sulfide) groups is 1. The van der Waals surface area contributed by atoms with E-state index in [0.29, 0.717) is 12.5 Å². The molecule has 0 radical (unpaired) electrons. The lowest BCUT2D eigenvalue weighted by atomic mass is 10.2. The number of nitrogens with two attached hydrogens (primary N) is 1. The van der Waals surface area contributed by atoms with E-state index in [-0.39, 0.29) is 18.3 Å². The number of nitrogens with zero attached hydrogens (tertiary/aromatic N) is 1. The number of amides is 1. The largest absolute Gasteiger partial charge is 0.348 e. The highest BCUT2D eigenvalue weighted by Crippen LogP contribution is 2.40. The van der Waals surface area contributed by atoms with E-state index >= 15 is 0 Å². The van der Waals surface area contributed by atoms with E-state index in [2.05, 4.69) is 15.7 Å². The van der Waals surface area contributed by atoms with Crippen LogP contribution in [0.1, 0.15) is 35.9 Å². The fourth-order valence-corrected chi connectivity index (χ4v) is 2.95. The molecule has 108 valence electrons. The Morgan fingerprint density at radius 2 is 2.42 bits per heavy atom. The van der Waals surface area contributed by atoms with Gasteiger partial charge in [-0.1, -0.05) is 0 Å². The van der Waals surface area contributed by atoms with Crippen LogP contribution in [0.15, 0.2) is 5.38 Å². The molecular formula is C12H20ClN3OS2. The van der Waals surface area contributed by atoms with E-state index < -0.39 is 6.04 Å². The summed E-state index contributed by atoms with van der Waals surface area (Å²) in [6.07, 6.45) is 5.25. The molecule has 1 heterocycles. The molecule has 1 aromatic rings. The molecule has 1 saturated carbocycles. The first-order chi connectivity index (χ1) is 8.70. The van der Waals surface area contributed by atoms with Gasteiger partial charge >= 0.3 is 0 Å². The third-order valence-electron chi connectivity index (χ3n) is 2.95. The zero-order valence-electron chi connectivity index (χ0n) is 10.9. The van der Waals surface area contributed by atoms with Gasteiger partial charge in [-0.3, -0.25) is 4.79 Å². The van der Waals surface area contributed by atoms with Gasteiger partial charge in [0, 0.05) is 11.3 Å². The van der Waals surface area contributed by atoms with Crippen LogP contribution in [-0.2, 0) is 11.3 Å². The summed E-state index contributed by atoms with van der Waals surface area (Å²) in [5.74, 6) is 1.51. The summed E-state index contributed by atoms with van der Waals surface area (Å²) in [7, 11) is 0. The van der Waals surface area contributed by atoms with Gasteiger partial charge in [0.2, 0.25) is 5.91 Å². The van der Waals surface area contributed by atoms with Gasteiger partial charge in [-0.25, -0.2) is 4.98 Å². The zero-order chi connectivity index (χ0) is 13.0. The predicted octanol–water partition coefficient (Wildman–Crippen LogP) is 2.14. The summed E-state index contributed by atoms with van der Waals surface area (Å²) >= 11 is 3.32. The molecule has 1 aromatic heterocycles. The molecule has 19 heavy (non-hydrogen) atoms. The molecule has 0 bridgehead atoms. The fourth-order valence-electron chi connectivity index (χ4n) is 1.64. The second kappa shape index (κ2) is 8.09. The van der Waals surface area contributed by atoms with Crippen molar-refractivity contribution in [2.75, 3.05) is 12.0 Å². The number of hydrogen-bond acceptors (Lipinski definition) is 5. The average molecular weight is 322 g/mol. The van der Waals surface area contributed by atoms with Crippen molar-refractivity contribution in [3.05, 3.63) is 16.1 Å². The van der Waals surface area contributed by atoms with Crippen LogP contribution in [0.25, 0.3) is 0 Å². The molecule has 1 aliphatic rings. The second-order valence-electron chi connectivity index (χ2n) is 4.55. The van der Waals surface area contributed by atoms with Crippen LogP contribution >= 0.6 is 35.5 Å². The van der Waals surface area contributed by atoms with Gasteiger partial charge < -0.3 is 11.1 Å². The highest BCUT2D eigenvalue weighted by molar-refractivity contribution is 7.98. The van der Waals surface area contributed by atoms with Crippen molar-refractivity contribution in [1.82, 2.24) is 10.3 Å². The Bertz CT molecular complexity index is 409. The molecule has 2 rings (SSSR count). The third kappa shape index (κ3) is 5.30. The lowest BCUT2D eigenvalue weighted by Crippen LogP contribution is -2.40. The first kappa shape index (κ1) is 16.8. The number of aromatic nitrogens is 1. The predicted molar refractivity (Wildman–Crippen MR) is 84.2 cm³/mol. The number of carbonyl (C=O) groups is 1. The van der Waals surface area contributed by atoms with E-state index in [4.69, 9.17) is 5.73 Å². The lowest BCUT2D eigenvalue weighted by molar-refractivity contribution is -0.122. The Kier molecular flexibility index (Phi) is 7.13. The number of halogens is 1. The second-order valence-corrected chi connectivity index (χ2v) is 6.47. The lowest BCUT2D eigenvalue weighted by Gasteiger charge is -2.10. The van der Waals surface area contributed by atoms with Crippen LogP contribution in [-0.4, -0.2) is 28.9 Å². The van der Waals surface area contributed by atoms with Crippen LogP contribution in [0.2, 0.25) is 0 Å². The Labute approximate surface area is 128 Å². The standard InChI is InChI=1S/C12H19N3OS2.ClH/c1-17-5-4-9(13)12(16)14-6-11-15-10(7-18-11)8-2-3-8;/h7-9H,2-6,13H2,1H3,(H,14,16);1H/t9-;/m0./s1. The van der Waals surface area contributed by atoms with Crippen LogP contribution in [0, 0.1) is 0 Å². The van der Waals surface area contributed by atoms with E-state index in [1.165, 1.54) is 18.5 Å². The minimum atomic E-state index is -0.402. The molecule has 0 saturated heterocycles. The highest BCUT2D eigenvalue weighted by Gasteiger charge is 2.26. The molecule has 0 spiro atoms. The van der Waals surface area contributed by atoms with Gasteiger partial charge in [-0.15, -0.1) is 23.7 Å². The molecule has 7 heteroatoms. The molecule has 4 nitrogen and oxygen atoms in total. The number of nitrogens with one attached hydrogen (secondary N) is 1. The Morgan fingerprint density at radius 1 is 1.68 bits per heavy atom. The Morgan fingerprint density at radius 3 is 3.05 bits per heavy atom. The van der Waals surface area contributed by atoms with Crippen molar-refractivity contribution in [3.63, 3.8) is 0 Å². The summed E-state index contributed by atoms with van der Waals surface area (Å²) in [4.78, 5) is 16.2. The average Bonchev–Trinajstić information content (AvgIpc) is 3.12.